The van der Waals surface area contributed by atoms with E-state index in [9.17, 15) is 0 Å². The van der Waals surface area contributed by atoms with Crippen LogP contribution >= 0.6 is 0 Å². The molecule has 1 aliphatic carbocycles. The molecule has 2 atom stereocenters. The molecule has 0 amide bonds. The molecule has 0 aliphatic heterocycles. The number of oxime groups is 1. The Hall–Kier alpha value is -0.970. The summed E-state index contributed by atoms with van der Waals surface area (Å²) < 4.78 is 0. The lowest BCUT2D eigenvalue weighted by Gasteiger charge is -2.20. The monoisotopic (exact) mass is 229 g/mol. The second-order valence-electron chi connectivity index (χ2n) is 4.45. The maximum absolute atomic E-state index is 8.78. The molecule has 1 saturated carbocycles. The van der Waals surface area contributed by atoms with Gasteiger partial charge in [-0.2, -0.15) is 0 Å². The highest BCUT2D eigenvalue weighted by Gasteiger charge is 2.35. The molecular formula is C11H23N3O2. The molecule has 0 bridgehead atoms. The highest BCUT2D eigenvalue weighted by molar-refractivity contribution is 5.77. The van der Waals surface area contributed by atoms with Crippen molar-refractivity contribution in [1.82, 2.24) is 4.90 Å². The van der Waals surface area contributed by atoms with E-state index in [-0.39, 0.29) is 5.96 Å². The van der Waals surface area contributed by atoms with E-state index in [0.29, 0.717) is 6.61 Å². The van der Waals surface area contributed by atoms with E-state index in [1.54, 1.807) is 0 Å². The molecule has 2 unspecified atom stereocenters. The summed E-state index contributed by atoms with van der Waals surface area (Å²) >= 11 is 0. The van der Waals surface area contributed by atoms with Crippen LogP contribution in [-0.4, -0.2) is 40.9 Å². The van der Waals surface area contributed by atoms with Crippen LogP contribution in [0.5, 0.6) is 0 Å². The van der Waals surface area contributed by atoms with Crippen molar-refractivity contribution >= 4 is 5.96 Å². The number of hydrogen-bond donors (Lipinski definition) is 3. The van der Waals surface area contributed by atoms with E-state index in [1.807, 2.05) is 11.8 Å². The number of aliphatic hydroxyl groups is 1. The smallest absolute Gasteiger partial charge is 0.233 e. The van der Waals surface area contributed by atoms with Crippen LogP contribution < -0.4 is 5.73 Å². The summed E-state index contributed by atoms with van der Waals surface area (Å²) in [5.41, 5.74) is 5.53. The molecule has 0 spiro atoms. The maximum Gasteiger partial charge on any atom is 0.233 e. The molecule has 0 aromatic carbocycles. The zero-order valence-corrected chi connectivity index (χ0v) is 9.97. The number of rotatable bonds is 7. The summed E-state index contributed by atoms with van der Waals surface area (Å²) in [6.07, 6.45) is 4.45. The maximum atomic E-state index is 8.78. The lowest BCUT2D eigenvalue weighted by Crippen LogP contribution is -2.37. The highest BCUT2D eigenvalue weighted by Crippen LogP contribution is 2.44. The lowest BCUT2D eigenvalue weighted by molar-refractivity contribution is 0.275. The van der Waals surface area contributed by atoms with E-state index in [1.165, 1.54) is 12.8 Å². The third-order valence-electron chi connectivity index (χ3n) is 3.38. The second-order valence-corrected chi connectivity index (χ2v) is 4.45. The van der Waals surface area contributed by atoms with E-state index >= 15 is 0 Å². The van der Waals surface area contributed by atoms with Crippen LogP contribution in [0.1, 0.15) is 32.6 Å². The number of guanidine groups is 1. The highest BCUT2D eigenvalue weighted by atomic mass is 16.4. The number of hydrogen-bond acceptors (Lipinski definition) is 3. The molecule has 0 saturated heterocycles. The van der Waals surface area contributed by atoms with Crippen molar-refractivity contribution in [2.75, 3.05) is 19.7 Å². The summed E-state index contributed by atoms with van der Waals surface area (Å²) in [5, 5.41) is 20.4. The molecule has 0 heterocycles. The molecule has 5 nitrogen and oxygen atoms in total. The van der Waals surface area contributed by atoms with Crippen molar-refractivity contribution in [2.24, 2.45) is 22.7 Å². The molecule has 1 fully saturated rings. The molecule has 1 rings (SSSR count). The Balaban J connectivity index is 2.11. The van der Waals surface area contributed by atoms with Gasteiger partial charge >= 0.3 is 0 Å². The molecule has 0 radical (unpaired) electrons. The van der Waals surface area contributed by atoms with Crippen molar-refractivity contribution in [3.8, 4) is 0 Å². The molecule has 1 aliphatic rings. The largest absolute Gasteiger partial charge is 0.408 e. The standard InChI is InChI=1S/C11H23N3O2/c1-2-14(11(12)13-16)6-3-4-9-8-10(9)5-7-15/h9-10,15-16H,2-8H2,1H3,(H2,12,13). The van der Waals surface area contributed by atoms with Crippen LogP contribution in [-0.2, 0) is 0 Å². The predicted molar refractivity (Wildman–Crippen MR) is 63.2 cm³/mol. The molecule has 0 aromatic heterocycles. The van der Waals surface area contributed by atoms with Gasteiger partial charge in [0.25, 0.3) is 0 Å². The van der Waals surface area contributed by atoms with Gasteiger partial charge in [0.15, 0.2) is 0 Å². The summed E-state index contributed by atoms with van der Waals surface area (Å²) in [6.45, 7) is 3.91. The van der Waals surface area contributed by atoms with Crippen molar-refractivity contribution < 1.29 is 10.3 Å². The zero-order valence-electron chi connectivity index (χ0n) is 9.97. The van der Waals surface area contributed by atoms with Crippen LogP contribution in [0.2, 0.25) is 0 Å². The fraction of sp³-hybridized carbons (Fsp3) is 0.909. The van der Waals surface area contributed by atoms with Gasteiger partial charge in [0, 0.05) is 19.7 Å². The molecule has 0 aromatic rings. The van der Waals surface area contributed by atoms with Gasteiger partial charge in [-0.05, 0) is 44.4 Å². The van der Waals surface area contributed by atoms with Gasteiger partial charge in [-0.15, -0.1) is 0 Å². The quantitative estimate of drug-likeness (QED) is 0.261. The van der Waals surface area contributed by atoms with Crippen LogP contribution in [0, 0.1) is 11.8 Å². The normalized spacial score (nSPS) is 24.5. The molecule has 16 heavy (non-hydrogen) atoms. The first-order chi connectivity index (χ1) is 7.72. The number of aliphatic hydroxyl groups excluding tert-OH is 1. The van der Waals surface area contributed by atoms with Crippen LogP contribution in [0.25, 0.3) is 0 Å². The zero-order chi connectivity index (χ0) is 12.0. The Morgan fingerprint density at radius 2 is 2.12 bits per heavy atom. The average Bonchev–Trinajstić information content (AvgIpc) is 3.02. The Morgan fingerprint density at radius 1 is 1.44 bits per heavy atom. The first kappa shape index (κ1) is 13.1. The van der Waals surface area contributed by atoms with Crippen LogP contribution in [0.4, 0.5) is 0 Å². The average molecular weight is 229 g/mol. The third kappa shape index (κ3) is 3.89. The van der Waals surface area contributed by atoms with Crippen LogP contribution in [0.15, 0.2) is 5.16 Å². The second kappa shape index (κ2) is 6.58. The molecular weight excluding hydrogens is 206 g/mol. The van der Waals surface area contributed by atoms with Crippen molar-refractivity contribution in [3.05, 3.63) is 0 Å². The van der Waals surface area contributed by atoms with Crippen LogP contribution in [0.3, 0.4) is 0 Å². The van der Waals surface area contributed by atoms with Crippen molar-refractivity contribution in [2.45, 2.75) is 32.6 Å². The summed E-state index contributed by atoms with van der Waals surface area (Å²) in [4.78, 5) is 1.86. The van der Waals surface area contributed by atoms with Gasteiger partial charge in [-0.1, -0.05) is 5.16 Å². The van der Waals surface area contributed by atoms with E-state index in [2.05, 4.69) is 5.16 Å². The van der Waals surface area contributed by atoms with Gasteiger partial charge in [0.05, 0.1) is 0 Å². The molecule has 4 N–H and O–H groups in total. The molecule has 94 valence electrons. The van der Waals surface area contributed by atoms with E-state index in [4.69, 9.17) is 16.0 Å². The Labute approximate surface area is 96.9 Å². The fourth-order valence-corrected chi connectivity index (χ4v) is 2.23. The first-order valence-corrected chi connectivity index (χ1v) is 6.06. The minimum absolute atomic E-state index is 0.199. The van der Waals surface area contributed by atoms with Crippen molar-refractivity contribution in [3.63, 3.8) is 0 Å². The topological polar surface area (TPSA) is 82.1 Å². The summed E-state index contributed by atoms with van der Waals surface area (Å²) in [7, 11) is 0. The SMILES string of the molecule is CCN(CCCC1CC1CCO)C(N)=NO. The Morgan fingerprint density at radius 3 is 2.69 bits per heavy atom. The van der Waals surface area contributed by atoms with Gasteiger partial charge in [-0.25, -0.2) is 0 Å². The van der Waals surface area contributed by atoms with Gasteiger partial charge in [0.2, 0.25) is 5.96 Å². The fourth-order valence-electron chi connectivity index (χ4n) is 2.23. The Bertz CT molecular complexity index is 233. The molecule has 5 heteroatoms. The van der Waals surface area contributed by atoms with E-state index in [0.717, 1.165) is 37.8 Å². The van der Waals surface area contributed by atoms with Gasteiger partial charge < -0.3 is 20.9 Å². The van der Waals surface area contributed by atoms with E-state index < -0.39 is 0 Å². The van der Waals surface area contributed by atoms with Gasteiger partial charge in [0.1, 0.15) is 0 Å². The minimum Gasteiger partial charge on any atom is -0.408 e. The summed E-state index contributed by atoms with van der Waals surface area (Å²) in [5.74, 6) is 1.73. The minimum atomic E-state index is 0.199. The Kier molecular flexibility index (Phi) is 5.38. The number of nitrogens with two attached hydrogens (primary N) is 1. The predicted octanol–water partition coefficient (Wildman–Crippen LogP) is 0.811. The third-order valence-corrected chi connectivity index (χ3v) is 3.38. The van der Waals surface area contributed by atoms with Gasteiger partial charge in [-0.3, -0.25) is 0 Å². The first-order valence-electron chi connectivity index (χ1n) is 6.06. The summed E-state index contributed by atoms with van der Waals surface area (Å²) in [6, 6.07) is 0. The number of nitrogens with zero attached hydrogens (tertiary/aromatic N) is 2. The lowest BCUT2D eigenvalue weighted by atomic mass is 10.1. The van der Waals surface area contributed by atoms with Crippen molar-refractivity contribution in [1.29, 1.82) is 0 Å².